The minimum absolute atomic E-state index is 0.0973. The van der Waals surface area contributed by atoms with Crippen LogP contribution in [0.3, 0.4) is 0 Å². The van der Waals surface area contributed by atoms with E-state index in [9.17, 15) is 9.59 Å². The van der Waals surface area contributed by atoms with Gasteiger partial charge in [0.25, 0.3) is 0 Å². The van der Waals surface area contributed by atoms with Crippen molar-refractivity contribution in [1.82, 2.24) is 10.2 Å². The van der Waals surface area contributed by atoms with Crippen molar-refractivity contribution in [3.8, 4) is 0 Å². The Bertz CT molecular complexity index is 439. The van der Waals surface area contributed by atoms with Crippen molar-refractivity contribution in [3.63, 3.8) is 0 Å². The zero-order chi connectivity index (χ0) is 13.8. The number of hydrogen-bond donors (Lipinski definition) is 2. The van der Waals surface area contributed by atoms with Crippen LogP contribution in [0.4, 0.5) is 0 Å². The molecule has 19 heavy (non-hydrogen) atoms. The molecule has 0 bridgehead atoms. The SMILES string of the molecule is CC(=O)N1CCC(NC(=O)C(N)c2cccs2)CC1. The highest BCUT2D eigenvalue weighted by molar-refractivity contribution is 7.10. The molecule has 2 rings (SSSR count). The summed E-state index contributed by atoms with van der Waals surface area (Å²) >= 11 is 1.49. The molecule has 2 heterocycles. The third kappa shape index (κ3) is 3.54. The molecular weight excluding hydrogens is 262 g/mol. The summed E-state index contributed by atoms with van der Waals surface area (Å²) in [5, 5.41) is 4.88. The van der Waals surface area contributed by atoms with E-state index >= 15 is 0 Å². The molecule has 0 spiro atoms. The predicted octanol–water partition coefficient (Wildman–Crippen LogP) is 0.875. The zero-order valence-electron chi connectivity index (χ0n) is 11.0. The second-order valence-corrected chi connectivity index (χ2v) is 5.76. The summed E-state index contributed by atoms with van der Waals surface area (Å²) in [4.78, 5) is 25.9. The second kappa shape index (κ2) is 6.16. The van der Waals surface area contributed by atoms with Crippen LogP contribution in [0.15, 0.2) is 17.5 Å². The molecule has 0 aromatic carbocycles. The molecule has 1 aromatic heterocycles. The van der Waals surface area contributed by atoms with Gasteiger partial charge >= 0.3 is 0 Å². The largest absolute Gasteiger partial charge is 0.352 e. The van der Waals surface area contributed by atoms with Gasteiger partial charge < -0.3 is 16.0 Å². The maximum absolute atomic E-state index is 12.0. The summed E-state index contributed by atoms with van der Waals surface area (Å²) in [5.74, 6) is -0.0382. The standard InChI is InChI=1S/C13H19N3O2S/c1-9(17)16-6-4-10(5-7-16)15-13(18)12(14)11-3-2-8-19-11/h2-3,8,10,12H,4-7,14H2,1H3,(H,15,18). The fraction of sp³-hybridized carbons (Fsp3) is 0.538. The lowest BCUT2D eigenvalue weighted by Gasteiger charge is -2.32. The van der Waals surface area contributed by atoms with E-state index in [-0.39, 0.29) is 17.9 Å². The van der Waals surface area contributed by atoms with Crippen LogP contribution in [0.2, 0.25) is 0 Å². The fourth-order valence-corrected chi connectivity index (χ4v) is 2.95. The number of thiophene rings is 1. The van der Waals surface area contributed by atoms with Crippen molar-refractivity contribution in [2.24, 2.45) is 5.73 Å². The van der Waals surface area contributed by atoms with Gasteiger partial charge in [0.2, 0.25) is 11.8 Å². The first-order valence-corrected chi connectivity index (χ1v) is 7.30. The molecule has 1 aromatic rings. The Morgan fingerprint density at radius 3 is 2.68 bits per heavy atom. The molecule has 3 N–H and O–H groups in total. The highest BCUT2D eigenvalue weighted by Gasteiger charge is 2.24. The van der Waals surface area contributed by atoms with Crippen molar-refractivity contribution >= 4 is 23.2 Å². The molecule has 1 saturated heterocycles. The summed E-state index contributed by atoms with van der Waals surface area (Å²) in [5.41, 5.74) is 5.91. The van der Waals surface area contributed by atoms with E-state index in [2.05, 4.69) is 5.32 Å². The van der Waals surface area contributed by atoms with Crippen molar-refractivity contribution in [2.45, 2.75) is 31.8 Å². The molecule has 1 aliphatic heterocycles. The maximum atomic E-state index is 12.0. The zero-order valence-corrected chi connectivity index (χ0v) is 11.8. The molecule has 2 amide bonds. The molecular formula is C13H19N3O2S. The summed E-state index contributed by atoms with van der Waals surface area (Å²) < 4.78 is 0. The van der Waals surface area contributed by atoms with Gasteiger partial charge in [-0.25, -0.2) is 0 Å². The third-order valence-electron chi connectivity index (χ3n) is 3.42. The minimum atomic E-state index is -0.592. The number of nitrogens with zero attached hydrogens (tertiary/aromatic N) is 1. The average molecular weight is 281 g/mol. The van der Waals surface area contributed by atoms with E-state index in [1.54, 1.807) is 6.92 Å². The first-order chi connectivity index (χ1) is 9.08. The lowest BCUT2D eigenvalue weighted by molar-refractivity contribution is -0.130. The summed E-state index contributed by atoms with van der Waals surface area (Å²) in [6.45, 7) is 2.98. The number of hydrogen-bond acceptors (Lipinski definition) is 4. The Hall–Kier alpha value is -1.40. The van der Waals surface area contributed by atoms with Crippen molar-refractivity contribution < 1.29 is 9.59 Å². The summed E-state index contributed by atoms with van der Waals surface area (Å²) in [7, 11) is 0. The first-order valence-electron chi connectivity index (χ1n) is 6.43. The Labute approximate surface area is 116 Å². The van der Waals surface area contributed by atoms with E-state index < -0.39 is 6.04 Å². The molecule has 104 valence electrons. The van der Waals surface area contributed by atoms with Crippen LogP contribution in [0.5, 0.6) is 0 Å². The predicted molar refractivity (Wildman–Crippen MR) is 74.7 cm³/mol. The highest BCUT2D eigenvalue weighted by Crippen LogP contribution is 2.18. The van der Waals surface area contributed by atoms with Crippen LogP contribution in [-0.4, -0.2) is 35.8 Å². The van der Waals surface area contributed by atoms with Crippen molar-refractivity contribution in [2.75, 3.05) is 13.1 Å². The van der Waals surface area contributed by atoms with Crippen LogP contribution in [0.1, 0.15) is 30.7 Å². The van der Waals surface area contributed by atoms with Gasteiger partial charge in [-0.2, -0.15) is 0 Å². The number of amides is 2. The maximum Gasteiger partial charge on any atom is 0.242 e. The highest BCUT2D eigenvalue weighted by atomic mass is 32.1. The van der Waals surface area contributed by atoms with E-state index in [1.807, 2.05) is 22.4 Å². The molecule has 1 atom stereocenters. The second-order valence-electron chi connectivity index (χ2n) is 4.78. The van der Waals surface area contributed by atoms with E-state index in [1.165, 1.54) is 11.3 Å². The minimum Gasteiger partial charge on any atom is -0.352 e. The van der Waals surface area contributed by atoms with Crippen LogP contribution in [0.25, 0.3) is 0 Å². The topological polar surface area (TPSA) is 75.4 Å². The van der Waals surface area contributed by atoms with Crippen LogP contribution in [-0.2, 0) is 9.59 Å². The quantitative estimate of drug-likeness (QED) is 0.863. The molecule has 6 heteroatoms. The van der Waals surface area contributed by atoms with Crippen LogP contribution in [0, 0.1) is 0 Å². The molecule has 0 aliphatic carbocycles. The summed E-state index contributed by atoms with van der Waals surface area (Å²) in [6, 6.07) is 3.28. The van der Waals surface area contributed by atoms with Gasteiger partial charge in [0.1, 0.15) is 6.04 Å². The number of carbonyl (C=O) groups is 2. The van der Waals surface area contributed by atoms with Gasteiger partial charge in [-0.1, -0.05) is 6.07 Å². The summed E-state index contributed by atoms with van der Waals surface area (Å²) in [6.07, 6.45) is 1.59. The number of likely N-dealkylation sites (tertiary alicyclic amines) is 1. The van der Waals surface area contributed by atoms with Gasteiger partial charge in [-0.05, 0) is 24.3 Å². The number of nitrogens with two attached hydrogens (primary N) is 1. The number of piperidine rings is 1. The van der Waals surface area contributed by atoms with Crippen molar-refractivity contribution in [1.29, 1.82) is 0 Å². The van der Waals surface area contributed by atoms with Gasteiger partial charge in [0, 0.05) is 30.9 Å². The Morgan fingerprint density at radius 2 is 2.16 bits per heavy atom. The van der Waals surface area contributed by atoms with Gasteiger partial charge in [-0.3, -0.25) is 9.59 Å². The van der Waals surface area contributed by atoms with Crippen molar-refractivity contribution in [3.05, 3.63) is 22.4 Å². The normalized spacial score (nSPS) is 18.1. The monoisotopic (exact) mass is 281 g/mol. The third-order valence-corrected chi connectivity index (χ3v) is 4.37. The molecule has 1 unspecified atom stereocenters. The first kappa shape index (κ1) is 14.0. The average Bonchev–Trinajstić information content (AvgIpc) is 2.92. The van der Waals surface area contributed by atoms with Gasteiger partial charge in [0.05, 0.1) is 0 Å². The number of nitrogens with one attached hydrogen (secondary N) is 1. The Balaban J connectivity index is 1.82. The van der Waals surface area contributed by atoms with E-state index in [0.717, 1.165) is 17.7 Å². The van der Waals surface area contributed by atoms with Crippen LogP contribution >= 0.6 is 11.3 Å². The molecule has 0 saturated carbocycles. The number of rotatable bonds is 3. The van der Waals surface area contributed by atoms with Gasteiger partial charge in [0.15, 0.2) is 0 Å². The number of carbonyl (C=O) groups excluding carboxylic acids is 2. The fourth-order valence-electron chi connectivity index (χ4n) is 2.23. The lowest BCUT2D eigenvalue weighted by atomic mass is 10.0. The lowest BCUT2D eigenvalue weighted by Crippen LogP contribution is -2.47. The van der Waals surface area contributed by atoms with Gasteiger partial charge in [-0.15, -0.1) is 11.3 Å². The van der Waals surface area contributed by atoms with E-state index in [0.29, 0.717) is 13.1 Å². The van der Waals surface area contributed by atoms with E-state index in [4.69, 9.17) is 5.73 Å². The molecule has 0 radical (unpaired) electrons. The molecule has 1 fully saturated rings. The Morgan fingerprint density at radius 1 is 1.47 bits per heavy atom. The molecule has 1 aliphatic rings. The van der Waals surface area contributed by atoms with Crippen LogP contribution < -0.4 is 11.1 Å². The smallest absolute Gasteiger partial charge is 0.242 e. The Kier molecular flexibility index (Phi) is 4.55. The molecule has 5 nitrogen and oxygen atoms in total.